The van der Waals surface area contributed by atoms with Crippen LogP contribution in [0.3, 0.4) is 0 Å². The van der Waals surface area contributed by atoms with Crippen molar-refractivity contribution in [1.29, 1.82) is 0 Å². The fraction of sp³-hybridized carbons (Fsp3) is 0.375. The monoisotopic (exact) mass is 284 g/mol. The molecular formula is C16H20N4O. The van der Waals surface area contributed by atoms with Crippen LogP contribution in [0.5, 0.6) is 0 Å². The lowest BCUT2D eigenvalue weighted by Gasteiger charge is -2.21. The number of aryl methyl sites for hydroxylation is 2. The number of benzene rings is 1. The molecule has 2 aromatic rings. The molecule has 1 aliphatic heterocycles. The molecule has 5 nitrogen and oxygen atoms in total. The van der Waals surface area contributed by atoms with Gasteiger partial charge in [0.2, 0.25) is 0 Å². The Labute approximate surface area is 124 Å². The Morgan fingerprint density at radius 1 is 1.48 bits per heavy atom. The van der Waals surface area contributed by atoms with Crippen molar-refractivity contribution in [2.45, 2.75) is 19.3 Å². The number of carbonyl (C=O) groups excluding carboxylic acids is 1. The van der Waals surface area contributed by atoms with Gasteiger partial charge < -0.3 is 15.2 Å². The van der Waals surface area contributed by atoms with E-state index >= 15 is 0 Å². The molecule has 1 aliphatic rings. The van der Waals surface area contributed by atoms with E-state index < -0.39 is 0 Å². The number of fused-ring (bicyclic) bond motifs is 1. The van der Waals surface area contributed by atoms with Gasteiger partial charge in [0.15, 0.2) is 0 Å². The van der Waals surface area contributed by atoms with Crippen LogP contribution in [0.15, 0.2) is 30.7 Å². The summed E-state index contributed by atoms with van der Waals surface area (Å²) < 4.78 is 1.77. The summed E-state index contributed by atoms with van der Waals surface area (Å²) in [6.07, 6.45) is 6.51. The molecule has 2 heterocycles. The van der Waals surface area contributed by atoms with E-state index in [9.17, 15) is 4.79 Å². The number of imidazole rings is 1. The second-order valence-electron chi connectivity index (χ2n) is 5.41. The summed E-state index contributed by atoms with van der Waals surface area (Å²) in [5, 5.41) is 6.40. The first-order chi connectivity index (χ1) is 10.2. The molecule has 21 heavy (non-hydrogen) atoms. The van der Waals surface area contributed by atoms with Gasteiger partial charge in [-0.05, 0) is 30.4 Å². The average Bonchev–Trinajstić information content (AvgIpc) is 2.94. The van der Waals surface area contributed by atoms with E-state index in [1.165, 1.54) is 23.2 Å². The Morgan fingerprint density at radius 2 is 2.38 bits per heavy atom. The number of nitrogens with zero attached hydrogens (tertiary/aromatic N) is 2. The minimum absolute atomic E-state index is 0.117. The number of hydrogen-bond acceptors (Lipinski definition) is 3. The Balaban J connectivity index is 1.60. The standard InChI is InChI=1S/C16H20N4O/c1-20-10-14(19-11-20)16(21)18-9-7-13-5-2-4-12-6-3-8-17-15(12)13/h2,4-5,10-11,17H,3,6-9H2,1H3,(H,18,21). The molecule has 0 saturated heterocycles. The van der Waals surface area contributed by atoms with Crippen molar-refractivity contribution in [3.05, 3.63) is 47.5 Å². The van der Waals surface area contributed by atoms with Crippen molar-refractivity contribution < 1.29 is 4.79 Å². The topological polar surface area (TPSA) is 59.0 Å². The molecule has 1 aromatic carbocycles. The number of para-hydroxylation sites is 1. The van der Waals surface area contributed by atoms with Crippen LogP contribution < -0.4 is 10.6 Å². The average molecular weight is 284 g/mol. The van der Waals surface area contributed by atoms with Gasteiger partial charge >= 0.3 is 0 Å². The van der Waals surface area contributed by atoms with Crippen LogP contribution in [0.1, 0.15) is 28.0 Å². The predicted octanol–water partition coefficient (Wildman–Crippen LogP) is 1.75. The quantitative estimate of drug-likeness (QED) is 0.899. The zero-order valence-electron chi connectivity index (χ0n) is 12.2. The molecule has 110 valence electrons. The third-order valence-corrected chi connectivity index (χ3v) is 3.78. The summed E-state index contributed by atoms with van der Waals surface area (Å²) in [7, 11) is 1.85. The number of hydrogen-bond donors (Lipinski definition) is 2. The number of nitrogens with one attached hydrogen (secondary N) is 2. The minimum Gasteiger partial charge on any atom is -0.385 e. The SMILES string of the molecule is Cn1cnc(C(=O)NCCc2cccc3c2NCCC3)c1. The van der Waals surface area contributed by atoms with Gasteiger partial charge in [-0.25, -0.2) is 4.98 Å². The molecule has 1 amide bonds. The largest absolute Gasteiger partial charge is 0.385 e. The highest BCUT2D eigenvalue weighted by molar-refractivity contribution is 5.92. The van der Waals surface area contributed by atoms with Gasteiger partial charge in [0.1, 0.15) is 5.69 Å². The highest BCUT2D eigenvalue weighted by atomic mass is 16.1. The second kappa shape index (κ2) is 5.99. The lowest BCUT2D eigenvalue weighted by molar-refractivity contribution is 0.0949. The number of carbonyl (C=O) groups is 1. The van der Waals surface area contributed by atoms with Crippen LogP contribution in [-0.2, 0) is 19.9 Å². The number of anilines is 1. The first kappa shape index (κ1) is 13.7. The van der Waals surface area contributed by atoms with Crippen molar-refractivity contribution in [3.8, 4) is 0 Å². The fourth-order valence-electron chi connectivity index (χ4n) is 2.72. The summed E-state index contributed by atoms with van der Waals surface area (Å²) in [5.74, 6) is -0.117. The van der Waals surface area contributed by atoms with Crippen molar-refractivity contribution >= 4 is 11.6 Å². The van der Waals surface area contributed by atoms with E-state index in [0.29, 0.717) is 12.2 Å². The lowest BCUT2D eigenvalue weighted by Crippen LogP contribution is -2.26. The van der Waals surface area contributed by atoms with Crippen LogP contribution in [0.25, 0.3) is 0 Å². The van der Waals surface area contributed by atoms with Crippen LogP contribution in [0.2, 0.25) is 0 Å². The molecule has 0 aliphatic carbocycles. The van der Waals surface area contributed by atoms with Crippen molar-refractivity contribution in [1.82, 2.24) is 14.9 Å². The van der Waals surface area contributed by atoms with Crippen LogP contribution >= 0.6 is 0 Å². The number of amides is 1. The van der Waals surface area contributed by atoms with Gasteiger partial charge in [0, 0.05) is 32.0 Å². The van der Waals surface area contributed by atoms with Crippen molar-refractivity contribution in [3.63, 3.8) is 0 Å². The van der Waals surface area contributed by atoms with Crippen LogP contribution in [0, 0.1) is 0 Å². The second-order valence-corrected chi connectivity index (χ2v) is 5.41. The van der Waals surface area contributed by atoms with E-state index in [-0.39, 0.29) is 5.91 Å². The number of rotatable bonds is 4. The highest BCUT2D eigenvalue weighted by Crippen LogP contribution is 2.26. The summed E-state index contributed by atoms with van der Waals surface area (Å²) >= 11 is 0. The zero-order valence-corrected chi connectivity index (χ0v) is 12.2. The lowest BCUT2D eigenvalue weighted by atomic mass is 9.98. The van der Waals surface area contributed by atoms with Crippen molar-refractivity contribution in [2.75, 3.05) is 18.4 Å². The van der Waals surface area contributed by atoms with E-state index in [4.69, 9.17) is 0 Å². The van der Waals surface area contributed by atoms with Gasteiger partial charge in [-0.15, -0.1) is 0 Å². The van der Waals surface area contributed by atoms with E-state index in [1.54, 1.807) is 17.1 Å². The Bertz CT molecular complexity index is 647. The van der Waals surface area contributed by atoms with Crippen LogP contribution in [-0.4, -0.2) is 28.5 Å². The van der Waals surface area contributed by atoms with Crippen molar-refractivity contribution in [2.24, 2.45) is 7.05 Å². The molecule has 0 unspecified atom stereocenters. The molecule has 0 saturated carbocycles. The van der Waals surface area contributed by atoms with E-state index in [2.05, 4.69) is 33.8 Å². The molecule has 3 rings (SSSR count). The Morgan fingerprint density at radius 3 is 3.19 bits per heavy atom. The first-order valence-electron chi connectivity index (χ1n) is 7.35. The molecule has 0 radical (unpaired) electrons. The Kier molecular flexibility index (Phi) is 3.90. The first-order valence-corrected chi connectivity index (χ1v) is 7.35. The summed E-state index contributed by atoms with van der Waals surface area (Å²) in [6, 6.07) is 6.41. The third-order valence-electron chi connectivity index (χ3n) is 3.78. The van der Waals surface area contributed by atoms with Gasteiger partial charge in [0.05, 0.1) is 6.33 Å². The molecule has 0 spiro atoms. The maximum absolute atomic E-state index is 11.9. The number of aromatic nitrogens is 2. The smallest absolute Gasteiger partial charge is 0.271 e. The summed E-state index contributed by atoms with van der Waals surface area (Å²) in [6.45, 7) is 1.65. The van der Waals surface area contributed by atoms with Gasteiger partial charge in [-0.1, -0.05) is 18.2 Å². The van der Waals surface area contributed by atoms with E-state index in [0.717, 1.165) is 19.4 Å². The Hall–Kier alpha value is -2.30. The zero-order chi connectivity index (χ0) is 14.7. The normalized spacial score (nSPS) is 13.4. The molecular weight excluding hydrogens is 264 g/mol. The maximum Gasteiger partial charge on any atom is 0.271 e. The maximum atomic E-state index is 11.9. The molecule has 0 atom stereocenters. The summed E-state index contributed by atoms with van der Waals surface area (Å²) in [4.78, 5) is 16.0. The third kappa shape index (κ3) is 3.07. The van der Waals surface area contributed by atoms with Gasteiger partial charge in [-0.2, -0.15) is 0 Å². The van der Waals surface area contributed by atoms with Gasteiger partial charge in [-0.3, -0.25) is 4.79 Å². The molecule has 2 N–H and O–H groups in total. The molecule has 0 bridgehead atoms. The molecule has 0 fully saturated rings. The highest BCUT2D eigenvalue weighted by Gasteiger charge is 2.13. The fourth-order valence-corrected chi connectivity index (χ4v) is 2.72. The molecule has 5 heteroatoms. The molecule has 1 aromatic heterocycles. The predicted molar refractivity (Wildman–Crippen MR) is 82.5 cm³/mol. The summed E-state index contributed by atoms with van der Waals surface area (Å²) in [5.41, 5.74) is 4.38. The minimum atomic E-state index is -0.117. The van der Waals surface area contributed by atoms with Gasteiger partial charge in [0.25, 0.3) is 5.91 Å². The van der Waals surface area contributed by atoms with E-state index in [1.807, 2.05) is 7.05 Å². The van der Waals surface area contributed by atoms with Crippen LogP contribution in [0.4, 0.5) is 5.69 Å².